The van der Waals surface area contributed by atoms with Crippen LogP contribution in [0.2, 0.25) is 0 Å². The largest absolute Gasteiger partial charge is 0.396 e. The Morgan fingerprint density at radius 3 is 2.94 bits per heavy atom. The van der Waals surface area contributed by atoms with Crippen molar-refractivity contribution in [2.75, 3.05) is 11.1 Å². The smallest absolute Gasteiger partial charge is 0.248 e. The molecule has 3 N–H and O–H groups in total. The lowest BCUT2D eigenvalue weighted by molar-refractivity contribution is -0.119. The van der Waals surface area contributed by atoms with Crippen molar-refractivity contribution < 1.29 is 9.18 Å². The number of carbonyl (C=O) groups excluding carboxylic acids is 1. The van der Waals surface area contributed by atoms with Crippen molar-refractivity contribution in [3.8, 4) is 0 Å². The number of nitrogen functional groups attached to an aromatic ring is 1. The zero-order valence-electron chi connectivity index (χ0n) is 9.80. The molecule has 0 radical (unpaired) electrons. The molecule has 1 aromatic carbocycles. The number of nitrogens with zero attached hydrogens (tertiary/aromatic N) is 2. The van der Waals surface area contributed by atoms with E-state index in [9.17, 15) is 9.18 Å². The molecule has 0 bridgehead atoms. The van der Waals surface area contributed by atoms with Gasteiger partial charge in [0.25, 0.3) is 0 Å². The van der Waals surface area contributed by atoms with Gasteiger partial charge in [-0.15, -0.1) is 0 Å². The lowest BCUT2D eigenvalue weighted by atomic mass is 10.2. The van der Waals surface area contributed by atoms with E-state index in [4.69, 9.17) is 5.73 Å². The molecule has 0 saturated carbocycles. The quantitative estimate of drug-likeness (QED) is 0.813. The van der Waals surface area contributed by atoms with Crippen molar-refractivity contribution in [2.24, 2.45) is 0 Å². The molecule has 2 aromatic rings. The molecular formula is C12H13FN4O. The fraction of sp³-hybridized carbons (Fsp3) is 0.167. The summed E-state index contributed by atoms with van der Waals surface area (Å²) >= 11 is 0. The molecule has 0 spiro atoms. The van der Waals surface area contributed by atoms with Gasteiger partial charge in [0.1, 0.15) is 11.9 Å². The molecule has 1 aromatic heterocycles. The van der Waals surface area contributed by atoms with Crippen molar-refractivity contribution in [1.82, 2.24) is 9.78 Å². The normalized spacial score (nSPS) is 12.1. The van der Waals surface area contributed by atoms with E-state index in [2.05, 4.69) is 10.4 Å². The summed E-state index contributed by atoms with van der Waals surface area (Å²) in [6.45, 7) is 1.72. The standard InChI is InChI=1S/C12H13FN4O/c1-8(17-6-2-5-15-17)12(18)16-9-3-4-10(13)11(14)7-9/h2-8H,14H2,1H3,(H,16,18). The number of nitrogens with one attached hydrogen (secondary N) is 1. The number of anilines is 2. The van der Waals surface area contributed by atoms with Crippen LogP contribution < -0.4 is 11.1 Å². The lowest BCUT2D eigenvalue weighted by Crippen LogP contribution is -2.24. The number of rotatable bonds is 3. The zero-order chi connectivity index (χ0) is 13.1. The Morgan fingerprint density at radius 1 is 1.56 bits per heavy atom. The van der Waals surface area contributed by atoms with Gasteiger partial charge in [-0.25, -0.2) is 4.39 Å². The fourth-order valence-corrected chi connectivity index (χ4v) is 1.50. The minimum atomic E-state index is -0.506. The summed E-state index contributed by atoms with van der Waals surface area (Å²) in [5.41, 5.74) is 5.88. The van der Waals surface area contributed by atoms with E-state index in [1.807, 2.05) is 0 Å². The van der Waals surface area contributed by atoms with Crippen molar-refractivity contribution in [3.05, 3.63) is 42.5 Å². The van der Waals surface area contributed by atoms with Gasteiger partial charge >= 0.3 is 0 Å². The van der Waals surface area contributed by atoms with Gasteiger partial charge < -0.3 is 11.1 Å². The predicted molar refractivity (Wildman–Crippen MR) is 66.4 cm³/mol. The Labute approximate surface area is 103 Å². The van der Waals surface area contributed by atoms with E-state index in [0.717, 1.165) is 0 Å². The Kier molecular flexibility index (Phi) is 3.27. The summed E-state index contributed by atoms with van der Waals surface area (Å²) in [4.78, 5) is 11.9. The molecule has 1 heterocycles. The van der Waals surface area contributed by atoms with Crippen LogP contribution in [0, 0.1) is 5.82 Å². The third kappa shape index (κ3) is 2.48. The van der Waals surface area contributed by atoms with Gasteiger partial charge in [-0.3, -0.25) is 9.48 Å². The number of carbonyl (C=O) groups is 1. The molecule has 0 aliphatic carbocycles. The maximum atomic E-state index is 13.0. The molecule has 0 fully saturated rings. The first-order chi connectivity index (χ1) is 8.58. The number of benzene rings is 1. The molecule has 0 aliphatic heterocycles. The molecular weight excluding hydrogens is 235 g/mol. The predicted octanol–water partition coefficient (Wildman–Crippen LogP) is 1.80. The highest BCUT2D eigenvalue weighted by atomic mass is 19.1. The number of halogens is 1. The molecule has 18 heavy (non-hydrogen) atoms. The molecule has 6 heteroatoms. The van der Waals surface area contributed by atoms with Gasteiger partial charge in [-0.2, -0.15) is 5.10 Å². The van der Waals surface area contributed by atoms with Gasteiger partial charge in [-0.1, -0.05) is 0 Å². The first-order valence-corrected chi connectivity index (χ1v) is 5.43. The van der Waals surface area contributed by atoms with E-state index in [1.165, 1.54) is 22.9 Å². The van der Waals surface area contributed by atoms with Crippen molar-refractivity contribution in [1.29, 1.82) is 0 Å². The van der Waals surface area contributed by atoms with Crippen molar-refractivity contribution in [2.45, 2.75) is 13.0 Å². The van der Waals surface area contributed by atoms with Gasteiger partial charge in [0.2, 0.25) is 5.91 Å². The summed E-state index contributed by atoms with van der Waals surface area (Å²) in [5, 5.41) is 6.63. The molecule has 2 rings (SSSR count). The molecule has 94 valence electrons. The van der Waals surface area contributed by atoms with Crippen LogP contribution in [0.25, 0.3) is 0 Å². The lowest BCUT2D eigenvalue weighted by Gasteiger charge is -2.13. The third-order valence-corrected chi connectivity index (χ3v) is 2.56. The van der Waals surface area contributed by atoms with Gasteiger partial charge in [-0.05, 0) is 31.2 Å². The van der Waals surface area contributed by atoms with E-state index in [-0.39, 0.29) is 11.6 Å². The maximum absolute atomic E-state index is 13.0. The SMILES string of the molecule is CC(C(=O)Nc1ccc(F)c(N)c1)n1cccn1. The Morgan fingerprint density at radius 2 is 2.33 bits per heavy atom. The number of nitrogens with two attached hydrogens (primary N) is 1. The highest BCUT2D eigenvalue weighted by Gasteiger charge is 2.15. The molecule has 1 amide bonds. The van der Waals surface area contributed by atoms with E-state index in [1.54, 1.807) is 25.4 Å². The van der Waals surface area contributed by atoms with Crippen molar-refractivity contribution >= 4 is 17.3 Å². The molecule has 5 nitrogen and oxygen atoms in total. The highest BCUT2D eigenvalue weighted by molar-refractivity contribution is 5.93. The zero-order valence-corrected chi connectivity index (χ0v) is 9.80. The Balaban J connectivity index is 2.09. The van der Waals surface area contributed by atoms with Crippen LogP contribution in [0.15, 0.2) is 36.7 Å². The van der Waals surface area contributed by atoms with Crippen LogP contribution in [0.1, 0.15) is 13.0 Å². The highest BCUT2D eigenvalue weighted by Crippen LogP contribution is 2.17. The molecule has 0 aliphatic rings. The number of hydrogen-bond donors (Lipinski definition) is 2. The number of hydrogen-bond acceptors (Lipinski definition) is 3. The first kappa shape index (κ1) is 12.1. The summed E-state index contributed by atoms with van der Waals surface area (Å²) < 4.78 is 14.5. The van der Waals surface area contributed by atoms with E-state index >= 15 is 0 Å². The van der Waals surface area contributed by atoms with Crippen LogP contribution in [0.4, 0.5) is 15.8 Å². The molecule has 1 atom stereocenters. The van der Waals surface area contributed by atoms with Crippen LogP contribution in [0.5, 0.6) is 0 Å². The average Bonchev–Trinajstić information content (AvgIpc) is 2.86. The Bertz CT molecular complexity index is 553. The number of aromatic nitrogens is 2. The van der Waals surface area contributed by atoms with Gasteiger partial charge in [0.15, 0.2) is 0 Å². The average molecular weight is 248 g/mol. The number of amides is 1. The van der Waals surface area contributed by atoms with Crippen LogP contribution in [0.3, 0.4) is 0 Å². The molecule has 1 unspecified atom stereocenters. The van der Waals surface area contributed by atoms with E-state index < -0.39 is 11.9 Å². The van der Waals surface area contributed by atoms with Crippen LogP contribution >= 0.6 is 0 Å². The fourth-order valence-electron chi connectivity index (χ4n) is 1.50. The summed E-state index contributed by atoms with van der Waals surface area (Å²) in [6, 6.07) is 5.33. The topological polar surface area (TPSA) is 72.9 Å². The minimum absolute atomic E-state index is 0.000424. The van der Waals surface area contributed by atoms with Crippen LogP contribution in [-0.4, -0.2) is 15.7 Å². The third-order valence-electron chi connectivity index (χ3n) is 2.56. The minimum Gasteiger partial charge on any atom is -0.396 e. The second-order valence-corrected chi connectivity index (χ2v) is 3.89. The molecule has 0 saturated heterocycles. The summed E-state index contributed by atoms with van der Waals surface area (Å²) in [6.07, 6.45) is 3.29. The van der Waals surface area contributed by atoms with Gasteiger partial charge in [0.05, 0.1) is 5.69 Å². The van der Waals surface area contributed by atoms with Crippen molar-refractivity contribution in [3.63, 3.8) is 0 Å². The first-order valence-electron chi connectivity index (χ1n) is 5.43. The van der Waals surface area contributed by atoms with Gasteiger partial charge in [0, 0.05) is 18.1 Å². The van der Waals surface area contributed by atoms with E-state index in [0.29, 0.717) is 5.69 Å². The van der Waals surface area contributed by atoms with Crippen LogP contribution in [-0.2, 0) is 4.79 Å². The maximum Gasteiger partial charge on any atom is 0.248 e. The second-order valence-electron chi connectivity index (χ2n) is 3.89. The Hall–Kier alpha value is -2.37. The second kappa shape index (κ2) is 4.87. The summed E-state index contributed by atoms with van der Waals surface area (Å²) in [5.74, 6) is -0.752. The summed E-state index contributed by atoms with van der Waals surface area (Å²) in [7, 11) is 0. The monoisotopic (exact) mass is 248 g/mol.